The Morgan fingerprint density at radius 3 is 2.71 bits per heavy atom. The number of aryl methyl sites for hydroxylation is 2. The van der Waals surface area contributed by atoms with Crippen LogP contribution in [-0.2, 0) is 6.42 Å². The second kappa shape index (κ2) is 7.68. The summed E-state index contributed by atoms with van der Waals surface area (Å²) in [6.45, 7) is 11.0. The largest absolute Gasteiger partial charge is 0.314 e. The Kier molecular flexibility index (Phi) is 6.17. The van der Waals surface area contributed by atoms with Crippen molar-refractivity contribution < 1.29 is 0 Å². The van der Waals surface area contributed by atoms with Gasteiger partial charge in [0.05, 0.1) is 10.7 Å². The molecule has 1 aliphatic rings. The maximum absolute atomic E-state index is 4.71. The molecule has 1 aromatic rings. The van der Waals surface area contributed by atoms with E-state index in [4.69, 9.17) is 4.98 Å². The molecular weight excluding hydrogens is 280 g/mol. The first kappa shape index (κ1) is 16.9. The number of hydrogen-bond acceptors (Lipinski definition) is 5. The van der Waals surface area contributed by atoms with E-state index in [1.165, 1.54) is 41.6 Å². The highest BCUT2D eigenvalue weighted by atomic mass is 32.1. The Balaban J connectivity index is 1.97. The minimum atomic E-state index is 0.527. The lowest BCUT2D eigenvalue weighted by Crippen LogP contribution is -2.52. The lowest BCUT2D eigenvalue weighted by Gasteiger charge is -2.39. The van der Waals surface area contributed by atoms with Crippen molar-refractivity contribution in [3.05, 3.63) is 15.6 Å². The monoisotopic (exact) mass is 310 g/mol. The van der Waals surface area contributed by atoms with Crippen LogP contribution in [0.5, 0.6) is 0 Å². The van der Waals surface area contributed by atoms with E-state index in [1.54, 1.807) is 0 Å². The van der Waals surface area contributed by atoms with Crippen molar-refractivity contribution in [2.75, 3.05) is 40.3 Å². The first-order valence-electron chi connectivity index (χ1n) is 8.04. The van der Waals surface area contributed by atoms with E-state index >= 15 is 0 Å². The summed E-state index contributed by atoms with van der Waals surface area (Å²) in [4.78, 5) is 11.0. The first-order valence-corrected chi connectivity index (χ1v) is 8.86. The number of nitrogens with zero attached hydrogens (tertiary/aromatic N) is 3. The fourth-order valence-electron chi connectivity index (χ4n) is 3.05. The maximum atomic E-state index is 4.71. The number of thiazole rings is 1. The van der Waals surface area contributed by atoms with Gasteiger partial charge < -0.3 is 15.1 Å². The van der Waals surface area contributed by atoms with Gasteiger partial charge in [0, 0.05) is 43.0 Å². The second-order valence-electron chi connectivity index (χ2n) is 6.34. The summed E-state index contributed by atoms with van der Waals surface area (Å²) in [6, 6.07) is 1.17. The fraction of sp³-hybridized carbons (Fsp3) is 0.812. The standard InChI is InChI=1S/C16H30N4S/c1-6-17-14(10-16-18-12(2)13(3)21-16)9-15-11-19(4)7-8-20(15)5/h14-15,17H,6-11H2,1-5H3. The lowest BCUT2D eigenvalue weighted by molar-refractivity contribution is 0.101. The molecule has 1 N–H and O–H groups in total. The van der Waals surface area contributed by atoms with Crippen molar-refractivity contribution in [1.82, 2.24) is 20.1 Å². The third-order valence-corrected chi connectivity index (χ3v) is 5.62. The summed E-state index contributed by atoms with van der Waals surface area (Å²) in [6.07, 6.45) is 2.26. The van der Waals surface area contributed by atoms with Gasteiger partial charge in [0.1, 0.15) is 0 Å². The van der Waals surface area contributed by atoms with E-state index in [2.05, 4.69) is 50.0 Å². The molecule has 0 amide bonds. The van der Waals surface area contributed by atoms with Gasteiger partial charge in [-0.2, -0.15) is 0 Å². The SMILES string of the molecule is CCNC(Cc1nc(C)c(C)s1)CC1CN(C)CCN1C. The average molecular weight is 311 g/mol. The van der Waals surface area contributed by atoms with Crippen LogP contribution in [-0.4, -0.2) is 67.1 Å². The summed E-state index contributed by atoms with van der Waals surface area (Å²) >= 11 is 1.86. The lowest BCUT2D eigenvalue weighted by atomic mass is 10.0. The smallest absolute Gasteiger partial charge is 0.0946 e. The van der Waals surface area contributed by atoms with Gasteiger partial charge in [-0.3, -0.25) is 0 Å². The summed E-state index contributed by atoms with van der Waals surface area (Å²) in [7, 11) is 4.49. The first-order chi connectivity index (χ1) is 9.99. The summed E-state index contributed by atoms with van der Waals surface area (Å²) < 4.78 is 0. The van der Waals surface area contributed by atoms with Crippen LogP contribution in [0.25, 0.3) is 0 Å². The van der Waals surface area contributed by atoms with Crippen molar-refractivity contribution in [3.8, 4) is 0 Å². The van der Waals surface area contributed by atoms with Crippen LogP contribution in [0, 0.1) is 13.8 Å². The van der Waals surface area contributed by atoms with Crippen LogP contribution in [0.3, 0.4) is 0 Å². The number of rotatable bonds is 6. The number of aromatic nitrogens is 1. The highest BCUT2D eigenvalue weighted by molar-refractivity contribution is 7.11. The van der Waals surface area contributed by atoms with E-state index in [0.29, 0.717) is 12.1 Å². The van der Waals surface area contributed by atoms with Crippen LogP contribution in [0.1, 0.15) is 28.9 Å². The molecule has 120 valence electrons. The van der Waals surface area contributed by atoms with E-state index in [9.17, 15) is 0 Å². The molecule has 4 nitrogen and oxygen atoms in total. The van der Waals surface area contributed by atoms with Crippen molar-refractivity contribution in [2.45, 2.75) is 45.7 Å². The van der Waals surface area contributed by atoms with Crippen LogP contribution >= 0.6 is 11.3 Å². The Morgan fingerprint density at radius 1 is 1.33 bits per heavy atom. The molecule has 2 atom stereocenters. The number of piperazine rings is 1. The quantitative estimate of drug-likeness (QED) is 0.870. The van der Waals surface area contributed by atoms with Crippen molar-refractivity contribution in [1.29, 1.82) is 0 Å². The van der Waals surface area contributed by atoms with Crippen molar-refractivity contribution in [3.63, 3.8) is 0 Å². The molecule has 0 radical (unpaired) electrons. The zero-order valence-corrected chi connectivity index (χ0v) is 15.0. The Bertz CT molecular complexity index is 426. The molecule has 0 bridgehead atoms. The van der Waals surface area contributed by atoms with E-state index in [0.717, 1.165) is 13.0 Å². The van der Waals surface area contributed by atoms with Gasteiger partial charge in [0.2, 0.25) is 0 Å². The third kappa shape index (κ3) is 4.74. The van der Waals surface area contributed by atoms with E-state index < -0.39 is 0 Å². The molecule has 1 saturated heterocycles. The van der Waals surface area contributed by atoms with E-state index in [-0.39, 0.29) is 0 Å². The molecule has 0 aromatic carbocycles. The predicted molar refractivity (Wildman–Crippen MR) is 91.3 cm³/mol. The van der Waals surface area contributed by atoms with E-state index in [1.807, 2.05) is 11.3 Å². The minimum absolute atomic E-state index is 0.527. The van der Waals surface area contributed by atoms with Gasteiger partial charge in [0.15, 0.2) is 0 Å². The predicted octanol–water partition coefficient (Wildman–Crippen LogP) is 1.92. The molecule has 5 heteroatoms. The summed E-state index contributed by atoms with van der Waals surface area (Å²) in [5.41, 5.74) is 1.19. The molecule has 2 heterocycles. The highest BCUT2D eigenvalue weighted by Crippen LogP contribution is 2.20. The second-order valence-corrected chi connectivity index (χ2v) is 7.63. The van der Waals surface area contributed by atoms with Gasteiger partial charge >= 0.3 is 0 Å². The van der Waals surface area contributed by atoms with Gasteiger partial charge in [0.25, 0.3) is 0 Å². The molecule has 0 spiro atoms. The molecule has 21 heavy (non-hydrogen) atoms. The normalized spacial score (nSPS) is 22.6. The minimum Gasteiger partial charge on any atom is -0.314 e. The Hall–Kier alpha value is -0.490. The zero-order chi connectivity index (χ0) is 15.4. The van der Waals surface area contributed by atoms with Crippen molar-refractivity contribution in [2.24, 2.45) is 0 Å². The van der Waals surface area contributed by atoms with Crippen molar-refractivity contribution >= 4 is 11.3 Å². The molecule has 0 saturated carbocycles. The summed E-state index contributed by atoms with van der Waals surface area (Å²) in [5.74, 6) is 0. The number of hydrogen-bond donors (Lipinski definition) is 1. The van der Waals surface area contributed by atoms with Crippen LogP contribution in [0.15, 0.2) is 0 Å². The molecule has 1 fully saturated rings. The zero-order valence-electron chi connectivity index (χ0n) is 14.1. The molecule has 0 aliphatic carbocycles. The summed E-state index contributed by atoms with van der Waals surface area (Å²) in [5, 5.41) is 4.94. The Labute approximate surface area is 133 Å². The molecule has 2 rings (SSSR count). The maximum Gasteiger partial charge on any atom is 0.0946 e. The van der Waals surface area contributed by atoms with Gasteiger partial charge in [-0.1, -0.05) is 6.92 Å². The average Bonchev–Trinajstić information content (AvgIpc) is 2.73. The Morgan fingerprint density at radius 2 is 2.10 bits per heavy atom. The molecular formula is C16H30N4S. The van der Waals surface area contributed by atoms with Gasteiger partial charge in [-0.25, -0.2) is 4.98 Å². The third-order valence-electron chi connectivity index (χ3n) is 4.52. The van der Waals surface area contributed by atoms with Crippen LogP contribution in [0.4, 0.5) is 0 Å². The van der Waals surface area contributed by atoms with Gasteiger partial charge in [-0.15, -0.1) is 11.3 Å². The number of nitrogens with one attached hydrogen (secondary N) is 1. The topological polar surface area (TPSA) is 31.4 Å². The fourth-order valence-corrected chi connectivity index (χ4v) is 4.06. The number of likely N-dealkylation sites (N-methyl/N-ethyl adjacent to an activating group) is 3. The van der Waals surface area contributed by atoms with Crippen LogP contribution < -0.4 is 5.32 Å². The molecule has 1 aromatic heterocycles. The van der Waals surface area contributed by atoms with Crippen LogP contribution in [0.2, 0.25) is 0 Å². The molecule has 1 aliphatic heterocycles. The molecule has 2 unspecified atom stereocenters. The van der Waals surface area contributed by atoms with Gasteiger partial charge in [-0.05, 0) is 40.9 Å². The highest BCUT2D eigenvalue weighted by Gasteiger charge is 2.25.